The summed E-state index contributed by atoms with van der Waals surface area (Å²) >= 11 is 6.13. The Bertz CT molecular complexity index is 867. The number of sulfone groups is 1. The van der Waals surface area contributed by atoms with Crippen LogP contribution in [0.1, 0.15) is 5.56 Å². The van der Waals surface area contributed by atoms with E-state index in [1.54, 1.807) is 41.3 Å². The Morgan fingerprint density at radius 3 is 2.50 bits per heavy atom. The molecule has 0 radical (unpaired) electrons. The maximum Gasteiger partial charge on any atom is 0.185 e. The molecule has 24 heavy (non-hydrogen) atoms. The molecule has 0 amide bonds. The van der Waals surface area contributed by atoms with Crippen molar-refractivity contribution in [3.8, 4) is 5.75 Å². The Balaban J connectivity index is 2.51. The molecule has 0 aliphatic heterocycles. The Hall–Kier alpha value is -2.12. The monoisotopic (exact) mass is 368 g/mol. The average molecular weight is 369 g/mol. The fraction of sp³-hybridized carbons (Fsp3) is 0.250. The number of hydrogen-bond acceptors (Lipinski definition) is 5. The van der Waals surface area contributed by atoms with Crippen LogP contribution in [0.15, 0.2) is 46.4 Å². The summed E-state index contributed by atoms with van der Waals surface area (Å²) in [6, 6.07) is 9.77. The maximum atomic E-state index is 12.9. The molecule has 0 aliphatic carbocycles. The van der Waals surface area contributed by atoms with E-state index >= 15 is 0 Å². The molecule has 0 unspecified atom stereocenters. The molecule has 0 saturated carbocycles. The third-order valence-corrected chi connectivity index (χ3v) is 5.59. The van der Waals surface area contributed by atoms with Gasteiger partial charge in [0.15, 0.2) is 9.84 Å². The van der Waals surface area contributed by atoms with Crippen LogP contribution in [0.2, 0.25) is 5.02 Å². The number of halogens is 1. The van der Waals surface area contributed by atoms with Crippen LogP contribution in [0.4, 0.5) is 11.4 Å². The van der Waals surface area contributed by atoms with Crippen molar-refractivity contribution >= 4 is 32.8 Å². The highest BCUT2D eigenvalue weighted by molar-refractivity contribution is 7.90. The molecule has 128 valence electrons. The highest BCUT2D eigenvalue weighted by Gasteiger charge is 2.23. The van der Waals surface area contributed by atoms with Crippen molar-refractivity contribution in [1.29, 1.82) is 0 Å². The standard InChI is InChI=1S/C16H18ClN3O3S/c1-20(2)12-4-7-15(19-18)16(9-12)24(21,22)10-11-8-13(23-3)5-6-14(11)17/h4-9,18H,10H2,1-3H3/p+1. The molecule has 0 atom stereocenters. The van der Waals surface area contributed by atoms with E-state index in [9.17, 15) is 8.42 Å². The van der Waals surface area contributed by atoms with Gasteiger partial charge in [0, 0.05) is 24.8 Å². The highest BCUT2D eigenvalue weighted by Crippen LogP contribution is 2.32. The summed E-state index contributed by atoms with van der Waals surface area (Å²) in [6.45, 7) is 0. The lowest BCUT2D eigenvalue weighted by molar-refractivity contribution is -0.210. The van der Waals surface area contributed by atoms with Crippen molar-refractivity contribution in [3.05, 3.63) is 47.0 Å². The van der Waals surface area contributed by atoms with Gasteiger partial charge >= 0.3 is 0 Å². The van der Waals surface area contributed by atoms with Gasteiger partial charge in [0.1, 0.15) is 16.3 Å². The van der Waals surface area contributed by atoms with E-state index in [1.807, 2.05) is 14.1 Å². The van der Waals surface area contributed by atoms with Crippen LogP contribution in [0.5, 0.6) is 5.75 Å². The molecule has 0 heterocycles. The van der Waals surface area contributed by atoms with Gasteiger partial charge in [-0.05, 0) is 47.1 Å². The van der Waals surface area contributed by atoms with Gasteiger partial charge in [-0.3, -0.25) is 0 Å². The number of nitrogens with zero attached hydrogens (tertiary/aromatic N) is 2. The van der Waals surface area contributed by atoms with Crippen LogP contribution in [0.25, 0.3) is 0 Å². The quantitative estimate of drug-likeness (QED) is 0.792. The summed E-state index contributed by atoms with van der Waals surface area (Å²) < 4.78 is 30.9. The van der Waals surface area contributed by atoms with E-state index in [-0.39, 0.29) is 16.3 Å². The maximum absolute atomic E-state index is 12.9. The minimum Gasteiger partial charge on any atom is -0.497 e. The number of benzene rings is 2. The summed E-state index contributed by atoms with van der Waals surface area (Å²) in [5.74, 6) is 0.262. The van der Waals surface area contributed by atoms with Crippen LogP contribution in [0.3, 0.4) is 0 Å². The molecular weight excluding hydrogens is 350 g/mol. The lowest BCUT2D eigenvalue weighted by atomic mass is 10.2. The Morgan fingerprint density at radius 1 is 1.21 bits per heavy atom. The third-order valence-electron chi connectivity index (χ3n) is 3.53. The lowest BCUT2D eigenvalue weighted by Gasteiger charge is -2.15. The van der Waals surface area contributed by atoms with E-state index in [1.165, 1.54) is 7.11 Å². The van der Waals surface area contributed by atoms with E-state index in [0.717, 1.165) is 5.69 Å². The smallest absolute Gasteiger partial charge is 0.185 e. The first kappa shape index (κ1) is 18.2. The molecule has 0 aromatic heterocycles. The van der Waals surface area contributed by atoms with Gasteiger partial charge in [0.25, 0.3) is 0 Å². The van der Waals surface area contributed by atoms with Gasteiger partial charge in [-0.15, -0.1) is 0 Å². The van der Waals surface area contributed by atoms with Crippen LogP contribution >= 0.6 is 11.6 Å². The van der Waals surface area contributed by atoms with Crippen molar-refractivity contribution in [2.24, 2.45) is 5.11 Å². The largest absolute Gasteiger partial charge is 0.497 e. The molecule has 2 aromatic rings. The minimum absolute atomic E-state index is 0.0649. The summed E-state index contributed by atoms with van der Waals surface area (Å²) in [4.78, 5) is 1.87. The molecule has 0 aliphatic rings. The van der Waals surface area contributed by atoms with E-state index in [2.05, 4.69) is 5.11 Å². The highest BCUT2D eigenvalue weighted by atomic mass is 35.5. The molecule has 2 rings (SSSR count). The Morgan fingerprint density at radius 2 is 1.92 bits per heavy atom. The SMILES string of the molecule is COc1ccc(Cl)c(CS(=O)(=O)c2cc(N(C)C)ccc2N=[NH2+])c1. The number of anilines is 1. The predicted octanol–water partition coefficient (Wildman–Crippen LogP) is 2.23. The van der Waals surface area contributed by atoms with Crippen molar-refractivity contribution in [2.45, 2.75) is 10.6 Å². The van der Waals surface area contributed by atoms with Crippen molar-refractivity contribution < 1.29 is 18.7 Å². The van der Waals surface area contributed by atoms with E-state index in [0.29, 0.717) is 16.3 Å². The zero-order valence-electron chi connectivity index (χ0n) is 13.7. The lowest BCUT2D eigenvalue weighted by Crippen LogP contribution is -2.22. The second-order valence-electron chi connectivity index (χ2n) is 5.39. The van der Waals surface area contributed by atoms with Crippen LogP contribution in [0, 0.1) is 0 Å². The average Bonchev–Trinajstić information content (AvgIpc) is 2.56. The second kappa shape index (κ2) is 7.19. The summed E-state index contributed by atoms with van der Waals surface area (Å²) in [5.41, 5.74) is 6.74. The molecule has 0 spiro atoms. The minimum atomic E-state index is -3.70. The number of methoxy groups -OCH3 is 1. The molecule has 6 nitrogen and oxygen atoms in total. The van der Waals surface area contributed by atoms with Crippen LogP contribution < -0.4 is 15.2 Å². The third kappa shape index (κ3) is 3.85. The van der Waals surface area contributed by atoms with Crippen molar-refractivity contribution in [2.75, 3.05) is 26.1 Å². The second-order valence-corrected chi connectivity index (χ2v) is 7.76. The summed E-state index contributed by atoms with van der Waals surface area (Å²) in [5, 5.41) is 3.94. The van der Waals surface area contributed by atoms with Crippen molar-refractivity contribution in [1.82, 2.24) is 0 Å². The zero-order chi connectivity index (χ0) is 17.9. The van der Waals surface area contributed by atoms with Gasteiger partial charge in [-0.25, -0.2) is 8.42 Å². The van der Waals surface area contributed by atoms with Gasteiger partial charge in [-0.2, -0.15) is 5.53 Å². The zero-order valence-corrected chi connectivity index (χ0v) is 15.2. The fourth-order valence-corrected chi connectivity index (χ4v) is 4.01. The summed E-state index contributed by atoms with van der Waals surface area (Å²) in [7, 11) is 1.45. The normalized spacial score (nSPS) is 11.2. The van der Waals surface area contributed by atoms with Gasteiger partial charge in [-0.1, -0.05) is 11.6 Å². The van der Waals surface area contributed by atoms with Gasteiger partial charge in [0.2, 0.25) is 0 Å². The summed E-state index contributed by atoms with van der Waals surface area (Å²) in [6.07, 6.45) is 0. The topological polar surface area (TPSA) is 84.6 Å². The first-order valence-electron chi connectivity index (χ1n) is 7.06. The Kier molecular flexibility index (Phi) is 5.46. The van der Waals surface area contributed by atoms with Gasteiger partial charge in [0.05, 0.1) is 12.9 Å². The molecule has 8 heteroatoms. The molecular formula is C16H19ClN3O3S+. The first-order chi connectivity index (χ1) is 11.3. The van der Waals surface area contributed by atoms with Crippen molar-refractivity contribution in [3.63, 3.8) is 0 Å². The van der Waals surface area contributed by atoms with E-state index in [4.69, 9.17) is 21.9 Å². The number of ether oxygens (including phenoxy) is 1. The van der Waals surface area contributed by atoms with E-state index < -0.39 is 9.84 Å². The molecule has 0 bridgehead atoms. The fourth-order valence-electron chi connectivity index (χ4n) is 2.21. The first-order valence-corrected chi connectivity index (χ1v) is 9.09. The number of hydrogen-bond donors (Lipinski definition) is 1. The predicted molar refractivity (Wildman–Crippen MR) is 93.7 cm³/mol. The van der Waals surface area contributed by atoms with Gasteiger partial charge < -0.3 is 9.64 Å². The molecule has 0 saturated heterocycles. The Labute approximate surface area is 146 Å². The molecule has 0 fully saturated rings. The molecule has 2 aromatic carbocycles. The number of nitrogens with two attached hydrogens (primary N) is 1. The van der Waals surface area contributed by atoms with Crippen LogP contribution in [-0.4, -0.2) is 29.6 Å². The van der Waals surface area contributed by atoms with Crippen LogP contribution in [-0.2, 0) is 15.6 Å². The number of rotatable bonds is 6. The molecule has 2 N–H and O–H groups in total.